The van der Waals surface area contributed by atoms with Gasteiger partial charge < -0.3 is 5.32 Å². The monoisotopic (exact) mass is 341 g/mol. The van der Waals surface area contributed by atoms with Gasteiger partial charge in [0, 0.05) is 23.7 Å². The molecule has 1 aromatic carbocycles. The van der Waals surface area contributed by atoms with Gasteiger partial charge >= 0.3 is 0 Å². The molecule has 2 atom stereocenters. The molecule has 5 nitrogen and oxygen atoms in total. The second kappa shape index (κ2) is 6.91. The molecule has 2 unspecified atom stereocenters. The molecular formula is C15H20ClN3O2S. The van der Waals surface area contributed by atoms with E-state index in [2.05, 4.69) is 21.9 Å². The van der Waals surface area contributed by atoms with Crippen LogP contribution in [0.4, 0.5) is 0 Å². The van der Waals surface area contributed by atoms with Gasteiger partial charge in [-0.05, 0) is 50.6 Å². The zero-order chi connectivity index (χ0) is 14.9. The molecular weight excluding hydrogens is 322 g/mol. The number of nitrogens with zero attached hydrogens (tertiary/aromatic N) is 1. The SMILES string of the molecule is CC1CC(NS(=O)(=O)c2cccc3ncccc23)CCN1.Cl. The highest BCUT2D eigenvalue weighted by Gasteiger charge is 2.25. The normalized spacial score (nSPS) is 22.2. The van der Waals surface area contributed by atoms with E-state index in [0.29, 0.717) is 21.8 Å². The van der Waals surface area contributed by atoms with Crippen LogP contribution in [0.3, 0.4) is 0 Å². The molecule has 7 heteroatoms. The lowest BCUT2D eigenvalue weighted by atomic mass is 10.0. The fourth-order valence-corrected chi connectivity index (χ4v) is 4.33. The second-order valence-electron chi connectivity index (χ2n) is 5.52. The van der Waals surface area contributed by atoms with E-state index in [9.17, 15) is 8.42 Å². The molecule has 0 amide bonds. The smallest absolute Gasteiger partial charge is 0.241 e. The van der Waals surface area contributed by atoms with Crippen LogP contribution in [0.1, 0.15) is 19.8 Å². The summed E-state index contributed by atoms with van der Waals surface area (Å²) in [6, 6.07) is 9.06. The number of hydrogen-bond donors (Lipinski definition) is 2. The number of aromatic nitrogens is 1. The van der Waals surface area contributed by atoms with Crippen molar-refractivity contribution < 1.29 is 8.42 Å². The summed E-state index contributed by atoms with van der Waals surface area (Å²) in [5.74, 6) is 0. The van der Waals surface area contributed by atoms with Crippen LogP contribution in [0.15, 0.2) is 41.4 Å². The zero-order valence-corrected chi connectivity index (χ0v) is 14.0. The molecule has 0 aliphatic carbocycles. The van der Waals surface area contributed by atoms with Crippen LogP contribution in [0, 0.1) is 0 Å². The second-order valence-corrected chi connectivity index (χ2v) is 7.21. The first-order chi connectivity index (χ1) is 10.1. The zero-order valence-electron chi connectivity index (χ0n) is 12.3. The fraction of sp³-hybridized carbons (Fsp3) is 0.400. The summed E-state index contributed by atoms with van der Waals surface area (Å²) in [4.78, 5) is 4.52. The van der Waals surface area contributed by atoms with E-state index in [1.807, 2.05) is 6.07 Å². The molecule has 0 radical (unpaired) electrons. The largest absolute Gasteiger partial charge is 0.314 e. The summed E-state index contributed by atoms with van der Waals surface area (Å²) in [6.07, 6.45) is 3.29. The summed E-state index contributed by atoms with van der Waals surface area (Å²) in [5.41, 5.74) is 0.694. The van der Waals surface area contributed by atoms with Crippen molar-refractivity contribution in [3.63, 3.8) is 0 Å². The van der Waals surface area contributed by atoms with E-state index in [1.165, 1.54) is 0 Å². The van der Waals surface area contributed by atoms with Crippen molar-refractivity contribution in [1.29, 1.82) is 0 Å². The minimum atomic E-state index is -3.53. The number of pyridine rings is 1. The molecule has 1 saturated heterocycles. The summed E-state index contributed by atoms with van der Waals surface area (Å²) < 4.78 is 28.2. The highest BCUT2D eigenvalue weighted by atomic mass is 35.5. The molecule has 2 aromatic rings. The maximum atomic E-state index is 12.7. The Kier molecular flexibility index (Phi) is 5.39. The van der Waals surface area contributed by atoms with Crippen LogP contribution in [-0.4, -0.2) is 32.0 Å². The third-order valence-corrected chi connectivity index (χ3v) is 5.42. The Bertz CT molecular complexity index is 746. The number of fused-ring (bicyclic) bond motifs is 1. The Morgan fingerprint density at radius 1 is 1.27 bits per heavy atom. The van der Waals surface area contributed by atoms with Crippen molar-refractivity contribution in [2.24, 2.45) is 0 Å². The van der Waals surface area contributed by atoms with Crippen molar-refractivity contribution in [3.05, 3.63) is 36.5 Å². The molecule has 0 saturated carbocycles. The summed E-state index contributed by atoms with van der Waals surface area (Å²) in [6.45, 7) is 2.91. The number of halogens is 1. The Morgan fingerprint density at radius 2 is 2.09 bits per heavy atom. The first-order valence-corrected chi connectivity index (χ1v) is 8.64. The lowest BCUT2D eigenvalue weighted by Crippen LogP contribution is -2.46. The molecule has 2 heterocycles. The molecule has 22 heavy (non-hydrogen) atoms. The summed E-state index contributed by atoms with van der Waals surface area (Å²) >= 11 is 0. The Hall–Kier alpha value is -1.21. The Morgan fingerprint density at radius 3 is 2.86 bits per heavy atom. The number of piperidine rings is 1. The van der Waals surface area contributed by atoms with Crippen LogP contribution in [0.5, 0.6) is 0 Å². The van der Waals surface area contributed by atoms with Crippen LogP contribution >= 0.6 is 12.4 Å². The Balaban J connectivity index is 0.00000176. The van der Waals surface area contributed by atoms with Gasteiger partial charge in [-0.25, -0.2) is 13.1 Å². The maximum Gasteiger partial charge on any atom is 0.241 e. The van der Waals surface area contributed by atoms with Gasteiger partial charge in [0.1, 0.15) is 0 Å². The van der Waals surface area contributed by atoms with E-state index in [-0.39, 0.29) is 18.4 Å². The lowest BCUT2D eigenvalue weighted by molar-refractivity contribution is 0.361. The standard InChI is InChI=1S/C15H19N3O2S.ClH/c1-11-10-12(7-9-16-11)18-21(19,20)15-6-2-5-14-13(15)4-3-8-17-14;/h2-6,8,11-12,16,18H,7,9-10H2,1H3;1H. The van der Waals surface area contributed by atoms with Crippen LogP contribution in [-0.2, 0) is 10.0 Å². The van der Waals surface area contributed by atoms with E-state index in [4.69, 9.17) is 0 Å². The third-order valence-electron chi connectivity index (χ3n) is 3.84. The number of hydrogen-bond acceptors (Lipinski definition) is 4. The average molecular weight is 342 g/mol. The highest BCUT2D eigenvalue weighted by Crippen LogP contribution is 2.22. The van der Waals surface area contributed by atoms with E-state index in [0.717, 1.165) is 19.4 Å². The van der Waals surface area contributed by atoms with Crippen molar-refractivity contribution in [2.45, 2.75) is 36.7 Å². The van der Waals surface area contributed by atoms with Gasteiger partial charge in [-0.2, -0.15) is 0 Å². The van der Waals surface area contributed by atoms with E-state index >= 15 is 0 Å². The first kappa shape index (κ1) is 17.1. The molecule has 1 aromatic heterocycles. The van der Waals surface area contributed by atoms with Crippen LogP contribution in [0.2, 0.25) is 0 Å². The van der Waals surface area contributed by atoms with Gasteiger partial charge in [-0.3, -0.25) is 4.98 Å². The number of nitrogens with one attached hydrogen (secondary N) is 2. The molecule has 1 fully saturated rings. The Labute approximate surface area is 137 Å². The fourth-order valence-electron chi connectivity index (χ4n) is 2.83. The maximum absolute atomic E-state index is 12.7. The molecule has 1 aliphatic rings. The predicted molar refractivity (Wildman–Crippen MR) is 89.8 cm³/mol. The minimum Gasteiger partial charge on any atom is -0.314 e. The molecule has 0 spiro atoms. The van der Waals surface area contributed by atoms with Crippen molar-refractivity contribution in [2.75, 3.05) is 6.54 Å². The lowest BCUT2D eigenvalue weighted by Gasteiger charge is -2.28. The van der Waals surface area contributed by atoms with Gasteiger partial charge in [0.15, 0.2) is 0 Å². The highest BCUT2D eigenvalue weighted by molar-refractivity contribution is 7.89. The van der Waals surface area contributed by atoms with Gasteiger partial charge in [0.05, 0.1) is 10.4 Å². The first-order valence-electron chi connectivity index (χ1n) is 7.16. The minimum absolute atomic E-state index is 0. The molecule has 3 rings (SSSR count). The van der Waals surface area contributed by atoms with Gasteiger partial charge in [-0.1, -0.05) is 6.07 Å². The van der Waals surface area contributed by atoms with E-state index < -0.39 is 10.0 Å². The van der Waals surface area contributed by atoms with Crippen molar-refractivity contribution in [1.82, 2.24) is 15.0 Å². The number of sulfonamides is 1. The molecule has 2 N–H and O–H groups in total. The topological polar surface area (TPSA) is 71.1 Å². The number of benzene rings is 1. The van der Waals surface area contributed by atoms with Gasteiger partial charge in [0.25, 0.3) is 0 Å². The molecule has 120 valence electrons. The van der Waals surface area contributed by atoms with E-state index in [1.54, 1.807) is 30.5 Å². The van der Waals surface area contributed by atoms with Gasteiger partial charge in [-0.15, -0.1) is 12.4 Å². The predicted octanol–water partition coefficient (Wildman–Crippen LogP) is 2.08. The van der Waals surface area contributed by atoms with Crippen LogP contribution in [0.25, 0.3) is 10.9 Å². The third kappa shape index (κ3) is 3.57. The average Bonchev–Trinajstić information content (AvgIpc) is 2.46. The molecule has 1 aliphatic heterocycles. The number of rotatable bonds is 3. The molecule has 0 bridgehead atoms. The van der Waals surface area contributed by atoms with Crippen LogP contribution < -0.4 is 10.0 Å². The van der Waals surface area contributed by atoms with Gasteiger partial charge in [0.2, 0.25) is 10.0 Å². The summed E-state index contributed by atoms with van der Waals surface area (Å²) in [5, 5.41) is 3.98. The quantitative estimate of drug-likeness (QED) is 0.896. The summed E-state index contributed by atoms with van der Waals surface area (Å²) in [7, 11) is -3.53. The van der Waals surface area contributed by atoms with Crippen molar-refractivity contribution >= 4 is 33.3 Å². The van der Waals surface area contributed by atoms with Crippen molar-refractivity contribution in [3.8, 4) is 0 Å².